The van der Waals surface area contributed by atoms with E-state index in [0.717, 1.165) is 38.7 Å². The van der Waals surface area contributed by atoms with Crippen molar-refractivity contribution in [3.8, 4) is 0 Å². The lowest BCUT2D eigenvalue weighted by Crippen LogP contribution is -2.15. The van der Waals surface area contributed by atoms with Crippen LogP contribution in [0.2, 0.25) is 0 Å². The highest BCUT2D eigenvalue weighted by Crippen LogP contribution is 2.20. The maximum Gasteiger partial charge on any atom is 0.202 e. The molecule has 1 N–H and O–H groups in total. The van der Waals surface area contributed by atoms with Crippen molar-refractivity contribution >= 4 is 5.95 Å². The van der Waals surface area contributed by atoms with E-state index in [1.165, 1.54) is 25.7 Å². The number of nitrogens with zero attached hydrogens (tertiary/aromatic N) is 2. The Balaban J connectivity index is 1.66. The molecular weight excluding hydrogens is 242 g/mol. The van der Waals surface area contributed by atoms with E-state index in [2.05, 4.69) is 14.9 Å². The second kappa shape index (κ2) is 8.17. The lowest BCUT2D eigenvalue weighted by Gasteiger charge is -2.13. The molecule has 1 heterocycles. The molecule has 0 aromatic carbocycles. The van der Waals surface area contributed by atoms with Crippen molar-refractivity contribution in [3.63, 3.8) is 0 Å². The van der Waals surface area contributed by atoms with Crippen LogP contribution in [0.3, 0.4) is 0 Å². The summed E-state index contributed by atoms with van der Waals surface area (Å²) in [6.07, 6.45) is 10.4. The summed E-state index contributed by atoms with van der Waals surface area (Å²) in [6, 6.07) is 0. The fraction of sp³-hybridized carbons (Fsp3) is 0.786. The van der Waals surface area contributed by atoms with Gasteiger partial charge in [-0.25, -0.2) is 4.98 Å². The summed E-state index contributed by atoms with van der Waals surface area (Å²) in [6.45, 7) is 3.30. The molecule has 1 aromatic heterocycles. The van der Waals surface area contributed by atoms with Crippen LogP contribution in [0.5, 0.6) is 0 Å². The molecule has 0 saturated heterocycles. The van der Waals surface area contributed by atoms with Gasteiger partial charge < -0.3 is 19.4 Å². The number of imidazole rings is 1. The number of methoxy groups -OCH3 is 1. The number of aromatic nitrogens is 2. The van der Waals surface area contributed by atoms with Crippen LogP contribution in [0.15, 0.2) is 12.4 Å². The van der Waals surface area contributed by atoms with E-state index in [-0.39, 0.29) is 0 Å². The summed E-state index contributed by atoms with van der Waals surface area (Å²) < 4.78 is 13.0. The lowest BCUT2D eigenvalue weighted by atomic mass is 10.3. The van der Waals surface area contributed by atoms with Crippen LogP contribution in [0.4, 0.5) is 5.95 Å². The van der Waals surface area contributed by atoms with E-state index in [9.17, 15) is 0 Å². The quantitative estimate of drug-likeness (QED) is 0.697. The van der Waals surface area contributed by atoms with Crippen molar-refractivity contribution < 1.29 is 9.47 Å². The molecule has 0 radical (unpaired) electrons. The molecule has 1 aliphatic carbocycles. The van der Waals surface area contributed by atoms with E-state index in [0.29, 0.717) is 6.10 Å². The SMILES string of the molecule is COCCCNc1nccn1CCOC1CCCC1. The molecule has 1 saturated carbocycles. The van der Waals surface area contributed by atoms with Crippen molar-refractivity contribution in [3.05, 3.63) is 12.4 Å². The first kappa shape index (κ1) is 14.3. The zero-order chi connectivity index (χ0) is 13.3. The minimum atomic E-state index is 0.488. The van der Waals surface area contributed by atoms with Crippen molar-refractivity contribution in [1.29, 1.82) is 0 Å². The van der Waals surface area contributed by atoms with Gasteiger partial charge in [-0.2, -0.15) is 0 Å². The van der Waals surface area contributed by atoms with Crippen molar-refractivity contribution in [2.45, 2.75) is 44.8 Å². The predicted octanol–water partition coefficient (Wildman–Crippen LogP) is 2.29. The van der Waals surface area contributed by atoms with Gasteiger partial charge in [0.2, 0.25) is 5.95 Å². The number of hydrogen-bond donors (Lipinski definition) is 1. The minimum Gasteiger partial charge on any atom is -0.385 e. The van der Waals surface area contributed by atoms with Gasteiger partial charge in [-0.15, -0.1) is 0 Å². The minimum absolute atomic E-state index is 0.488. The third kappa shape index (κ3) is 4.84. The third-order valence-electron chi connectivity index (χ3n) is 3.51. The predicted molar refractivity (Wildman–Crippen MR) is 75.4 cm³/mol. The van der Waals surface area contributed by atoms with Crippen molar-refractivity contribution in [2.75, 3.05) is 32.2 Å². The Hall–Kier alpha value is -1.07. The molecule has 1 aliphatic rings. The first-order chi connectivity index (χ1) is 9.40. The zero-order valence-corrected chi connectivity index (χ0v) is 11.8. The smallest absolute Gasteiger partial charge is 0.202 e. The maximum atomic E-state index is 5.88. The summed E-state index contributed by atoms with van der Waals surface area (Å²) in [5.41, 5.74) is 0. The average Bonchev–Trinajstić information content (AvgIpc) is 3.07. The Kier molecular flexibility index (Phi) is 6.17. The van der Waals surface area contributed by atoms with Gasteiger partial charge in [0.05, 0.1) is 12.7 Å². The number of rotatable bonds is 9. The molecule has 0 amide bonds. The highest BCUT2D eigenvalue weighted by molar-refractivity contribution is 5.25. The Labute approximate surface area is 115 Å². The van der Waals surface area contributed by atoms with Gasteiger partial charge in [-0.05, 0) is 19.3 Å². The summed E-state index contributed by atoms with van der Waals surface area (Å²) in [5, 5.41) is 3.32. The molecule has 0 aliphatic heterocycles. The van der Waals surface area contributed by atoms with Gasteiger partial charge in [0.25, 0.3) is 0 Å². The average molecular weight is 267 g/mol. The van der Waals surface area contributed by atoms with Crippen LogP contribution >= 0.6 is 0 Å². The summed E-state index contributed by atoms with van der Waals surface area (Å²) in [7, 11) is 1.72. The molecule has 108 valence electrons. The van der Waals surface area contributed by atoms with Gasteiger partial charge >= 0.3 is 0 Å². The van der Waals surface area contributed by atoms with Gasteiger partial charge in [-0.3, -0.25) is 0 Å². The largest absolute Gasteiger partial charge is 0.385 e. The monoisotopic (exact) mass is 267 g/mol. The Morgan fingerprint density at radius 1 is 1.37 bits per heavy atom. The topological polar surface area (TPSA) is 48.3 Å². The second-order valence-corrected chi connectivity index (χ2v) is 4.99. The fourth-order valence-corrected chi connectivity index (χ4v) is 2.45. The third-order valence-corrected chi connectivity index (χ3v) is 3.51. The highest BCUT2D eigenvalue weighted by Gasteiger charge is 2.14. The summed E-state index contributed by atoms with van der Waals surface area (Å²) >= 11 is 0. The molecule has 0 bridgehead atoms. The molecule has 0 spiro atoms. The first-order valence-electron chi connectivity index (χ1n) is 7.25. The number of anilines is 1. The number of ether oxygens (including phenoxy) is 2. The van der Waals surface area contributed by atoms with Crippen LogP contribution < -0.4 is 5.32 Å². The van der Waals surface area contributed by atoms with Crippen LogP contribution in [-0.2, 0) is 16.0 Å². The van der Waals surface area contributed by atoms with Crippen molar-refractivity contribution in [1.82, 2.24) is 9.55 Å². The Morgan fingerprint density at radius 2 is 2.21 bits per heavy atom. The van der Waals surface area contributed by atoms with E-state index >= 15 is 0 Å². The van der Waals surface area contributed by atoms with Crippen LogP contribution in [0.1, 0.15) is 32.1 Å². The standard InChI is InChI=1S/C14H25N3O2/c1-18-11-4-7-15-14-16-8-9-17(14)10-12-19-13-5-2-3-6-13/h8-9,13H,2-7,10-12H2,1H3,(H,15,16). The molecule has 0 atom stereocenters. The summed E-state index contributed by atoms with van der Waals surface area (Å²) in [5.74, 6) is 0.922. The van der Waals surface area contributed by atoms with E-state index < -0.39 is 0 Å². The van der Waals surface area contributed by atoms with Gasteiger partial charge in [-0.1, -0.05) is 12.8 Å². The molecule has 0 unspecified atom stereocenters. The molecular formula is C14H25N3O2. The van der Waals surface area contributed by atoms with Gasteiger partial charge in [0, 0.05) is 39.2 Å². The highest BCUT2D eigenvalue weighted by atomic mass is 16.5. The normalized spacial score (nSPS) is 16.1. The molecule has 5 nitrogen and oxygen atoms in total. The lowest BCUT2D eigenvalue weighted by molar-refractivity contribution is 0.0532. The molecule has 1 fully saturated rings. The van der Waals surface area contributed by atoms with Crippen LogP contribution in [0.25, 0.3) is 0 Å². The first-order valence-corrected chi connectivity index (χ1v) is 7.25. The van der Waals surface area contributed by atoms with E-state index in [1.54, 1.807) is 7.11 Å². The molecule has 19 heavy (non-hydrogen) atoms. The molecule has 1 aromatic rings. The number of nitrogens with one attached hydrogen (secondary N) is 1. The number of hydrogen-bond acceptors (Lipinski definition) is 4. The van der Waals surface area contributed by atoms with E-state index in [1.807, 2.05) is 12.4 Å². The molecule has 5 heteroatoms. The Morgan fingerprint density at radius 3 is 3.00 bits per heavy atom. The van der Waals surface area contributed by atoms with Gasteiger partial charge in [0.15, 0.2) is 0 Å². The van der Waals surface area contributed by atoms with Crippen LogP contribution in [-0.4, -0.2) is 42.5 Å². The molecule has 2 rings (SSSR count). The zero-order valence-electron chi connectivity index (χ0n) is 11.8. The van der Waals surface area contributed by atoms with Crippen molar-refractivity contribution in [2.24, 2.45) is 0 Å². The summed E-state index contributed by atoms with van der Waals surface area (Å²) in [4.78, 5) is 4.32. The van der Waals surface area contributed by atoms with Gasteiger partial charge in [0.1, 0.15) is 0 Å². The second-order valence-electron chi connectivity index (χ2n) is 4.99. The van der Waals surface area contributed by atoms with E-state index in [4.69, 9.17) is 9.47 Å². The fourth-order valence-electron chi connectivity index (χ4n) is 2.45. The Bertz CT molecular complexity index is 348. The maximum absolute atomic E-state index is 5.88. The van der Waals surface area contributed by atoms with Crippen LogP contribution in [0, 0.1) is 0 Å².